The second-order valence-electron chi connectivity index (χ2n) is 5.20. The second kappa shape index (κ2) is 6.87. The number of aromatic nitrogens is 2. The van der Waals surface area contributed by atoms with Gasteiger partial charge in [0.05, 0.1) is 12.1 Å². The minimum atomic E-state index is -0.280. The average Bonchev–Trinajstić information content (AvgIpc) is 3.09. The molecule has 116 valence electrons. The Bertz CT molecular complexity index is 765. The molecular formula is C18H16FN3O. The van der Waals surface area contributed by atoms with Crippen LogP contribution in [0.25, 0.3) is 5.69 Å². The molecule has 0 saturated carbocycles. The van der Waals surface area contributed by atoms with Crippen molar-refractivity contribution in [1.82, 2.24) is 15.1 Å². The highest BCUT2D eigenvalue weighted by Crippen LogP contribution is 2.09. The summed E-state index contributed by atoms with van der Waals surface area (Å²) < 4.78 is 14.6. The molecule has 0 atom stereocenters. The van der Waals surface area contributed by atoms with Gasteiger partial charge in [0.2, 0.25) is 5.91 Å². The molecule has 1 amide bonds. The minimum absolute atomic E-state index is 0.0684. The van der Waals surface area contributed by atoms with Gasteiger partial charge < -0.3 is 5.32 Å². The smallest absolute Gasteiger partial charge is 0.224 e. The number of nitrogens with zero attached hydrogens (tertiary/aromatic N) is 2. The van der Waals surface area contributed by atoms with Crippen molar-refractivity contribution in [2.45, 2.75) is 13.0 Å². The van der Waals surface area contributed by atoms with Crippen LogP contribution in [-0.2, 0) is 17.8 Å². The summed E-state index contributed by atoms with van der Waals surface area (Å²) in [4.78, 5) is 12.0. The predicted octanol–water partition coefficient (Wildman–Crippen LogP) is 2.87. The molecule has 0 bridgehead atoms. The Morgan fingerprint density at radius 2 is 1.74 bits per heavy atom. The Kier molecular flexibility index (Phi) is 4.47. The Balaban J connectivity index is 1.54. The normalized spacial score (nSPS) is 10.5. The highest BCUT2D eigenvalue weighted by atomic mass is 19.1. The molecule has 0 aliphatic heterocycles. The first-order valence-corrected chi connectivity index (χ1v) is 7.31. The molecule has 2 aromatic carbocycles. The number of hydrogen-bond acceptors (Lipinski definition) is 2. The van der Waals surface area contributed by atoms with Gasteiger partial charge in [-0.3, -0.25) is 4.79 Å². The van der Waals surface area contributed by atoms with Gasteiger partial charge in [0.1, 0.15) is 5.82 Å². The fraction of sp³-hybridized carbons (Fsp3) is 0.111. The van der Waals surface area contributed by atoms with Crippen LogP contribution in [0.1, 0.15) is 11.1 Å². The molecule has 3 rings (SSSR count). The van der Waals surface area contributed by atoms with Gasteiger partial charge in [-0.2, -0.15) is 5.10 Å². The van der Waals surface area contributed by atoms with Gasteiger partial charge in [0.25, 0.3) is 0 Å². The van der Waals surface area contributed by atoms with Gasteiger partial charge in [-0.25, -0.2) is 9.07 Å². The second-order valence-corrected chi connectivity index (χ2v) is 5.20. The molecule has 0 aliphatic carbocycles. The summed E-state index contributed by atoms with van der Waals surface area (Å²) in [7, 11) is 0. The maximum atomic E-state index is 12.8. The zero-order chi connectivity index (χ0) is 16.1. The first kappa shape index (κ1) is 15.0. The number of carbonyl (C=O) groups is 1. The van der Waals surface area contributed by atoms with Crippen molar-refractivity contribution in [1.29, 1.82) is 0 Å². The van der Waals surface area contributed by atoms with Gasteiger partial charge in [-0.05, 0) is 41.5 Å². The SMILES string of the molecule is O=C(Cc1ccc(-n2cccn2)cc1)NCc1ccc(F)cc1. The van der Waals surface area contributed by atoms with E-state index in [1.165, 1.54) is 12.1 Å². The third-order valence-electron chi connectivity index (χ3n) is 3.47. The number of halogens is 1. The molecule has 1 heterocycles. The number of benzene rings is 2. The van der Waals surface area contributed by atoms with Crippen LogP contribution in [0.2, 0.25) is 0 Å². The number of carbonyl (C=O) groups excluding carboxylic acids is 1. The van der Waals surface area contributed by atoms with Crippen LogP contribution < -0.4 is 5.32 Å². The third kappa shape index (κ3) is 4.03. The lowest BCUT2D eigenvalue weighted by molar-refractivity contribution is -0.120. The molecule has 0 saturated heterocycles. The Morgan fingerprint density at radius 1 is 1.04 bits per heavy atom. The molecule has 0 unspecified atom stereocenters. The van der Waals surface area contributed by atoms with Crippen molar-refractivity contribution in [2.24, 2.45) is 0 Å². The van der Waals surface area contributed by atoms with Gasteiger partial charge >= 0.3 is 0 Å². The maximum Gasteiger partial charge on any atom is 0.224 e. The van der Waals surface area contributed by atoms with Crippen LogP contribution in [-0.4, -0.2) is 15.7 Å². The first-order chi connectivity index (χ1) is 11.2. The van der Waals surface area contributed by atoms with Gasteiger partial charge in [-0.1, -0.05) is 24.3 Å². The van der Waals surface area contributed by atoms with Crippen LogP contribution in [0.4, 0.5) is 4.39 Å². The van der Waals surface area contributed by atoms with E-state index in [-0.39, 0.29) is 11.7 Å². The fourth-order valence-corrected chi connectivity index (χ4v) is 2.24. The van der Waals surface area contributed by atoms with Crippen molar-refractivity contribution >= 4 is 5.91 Å². The Hall–Kier alpha value is -2.95. The molecule has 1 aromatic heterocycles. The highest BCUT2D eigenvalue weighted by Gasteiger charge is 2.04. The fourth-order valence-electron chi connectivity index (χ4n) is 2.24. The summed E-state index contributed by atoms with van der Waals surface area (Å²) in [5.41, 5.74) is 2.75. The van der Waals surface area contributed by atoms with Crippen LogP contribution in [0.5, 0.6) is 0 Å². The van der Waals surface area contributed by atoms with E-state index in [1.54, 1.807) is 23.0 Å². The number of rotatable bonds is 5. The number of amides is 1. The molecule has 5 heteroatoms. The molecule has 0 radical (unpaired) electrons. The predicted molar refractivity (Wildman–Crippen MR) is 85.5 cm³/mol. The van der Waals surface area contributed by atoms with E-state index in [0.717, 1.165) is 16.8 Å². The number of hydrogen-bond donors (Lipinski definition) is 1. The van der Waals surface area contributed by atoms with Crippen molar-refractivity contribution < 1.29 is 9.18 Å². The van der Waals surface area contributed by atoms with Crippen molar-refractivity contribution in [2.75, 3.05) is 0 Å². The molecular weight excluding hydrogens is 293 g/mol. The summed E-state index contributed by atoms with van der Waals surface area (Å²) in [5.74, 6) is -0.349. The maximum absolute atomic E-state index is 12.8. The van der Waals surface area contributed by atoms with Crippen LogP contribution >= 0.6 is 0 Å². The van der Waals surface area contributed by atoms with Crippen molar-refractivity contribution in [3.63, 3.8) is 0 Å². The van der Waals surface area contributed by atoms with Crippen molar-refractivity contribution in [3.05, 3.63) is 83.9 Å². The largest absolute Gasteiger partial charge is 0.352 e. The van der Waals surface area contributed by atoms with E-state index < -0.39 is 0 Å². The molecule has 0 fully saturated rings. The molecule has 4 nitrogen and oxygen atoms in total. The highest BCUT2D eigenvalue weighted by molar-refractivity contribution is 5.78. The molecule has 3 aromatic rings. The van der Waals surface area contributed by atoms with E-state index in [4.69, 9.17) is 0 Å². The quantitative estimate of drug-likeness (QED) is 0.788. The average molecular weight is 309 g/mol. The molecule has 23 heavy (non-hydrogen) atoms. The molecule has 0 spiro atoms. The zero-order valence-corrected chi connectivity index (χ0v) is 12.4. The Morgan fingerprint density at radius 3 is 2.39 bits per heavy atom. The molecule has 1 N–H and O–H groups in total. The van der Waals surface area contributed by atoms with Crippen molar-refractivity contribution in [3.8, 4) is 5.69 Å². The third-order valence-corrected chi connectivity index (χ3v) is 3.47. The summed E-state index contributed by atoms with van der Waals surface area (Å²) in [5, 5.41) is 6.99. The van der Waals surface area contributed by atoms with Gasteiger partial charge in [0.15, 0.2) is 0 Å². The topological polar surface area (TPSA) is 46.9 Å². The summed E-state index contributed by atoms with van der Waals surface area (Å²) in [6.07, 6.45) is 3.89. The van der Waals surface area contributed by atoms with E-state index in [9.17, 15) is 9.18 Å². The van der Waals surface area contributed by atoms with Gasteiger partial charge in [-0.15, -0.1) is 0 Å². The van der Waals surface area contributed by atoms with E-state index in [2.05, 4.69) is 10.4 Å². The summed E-state index contributed by atoms with van der Waals surface area (Å²) in [6, 6.07) is 15.6. The monoisotopic (exact) mass is 309 g/mol. The summed E-state index contributed by atoms with van der Waals surface area (Å²) in [6.45, 7) is 0.393. The zero-order valence-electron chi connectivity index (χ0n) is 12.4. The van der Waals surface area contributed by atoms with Crippen LogP contribution in [0.15, 0.2) is 67.0 Å². The van der Waals surface area contributed by atoms with Crippen LogP contribution in [0.3, 0.4) is 0 Å². The van der Waals surface area contributed by atoms with E-state index in [0.29, 0.717) is 13.0 Å². The lowest BCUT2D eigenvalue weighted by Gasteiger charge is -2.07. The van der Waals surface area contributed by atoms with E-state index >= 15 is 0 Å². The lowest BCUT2D eigenvalue weighted by atomic mass is 10.1. The number of nitrogens with one attached hydrogen (secondary N) is 1. The minimum Gasteiger partial charge on any atom is -0.352 e. The Labute approximate surface area is 133 Å². The van der Waals surface area contributed by atoms with Crippen LogP contribution in [0, 0.1) is 5.82 Å². The van der Waals surface area contributed by atoms with Gasteiger partial charge in [0, 0.05) is 18.9 Å². The van der Waals surface area contributed by atoms with E-state index in [1.807, 2.05) is 36.5 Å². The first-order valence-electron chi connectivity index (χ1n) is 7.31. The lowest BCUT2D eigenvalue weighted by Crippen LogP contribution is -2.24. The standard InChI is InChI=1S/C18H16FN3O/c19-16-6-2-15(3-7-16)13-20-18(23)12-14-4-8-17(9-5-14)22-11-1-10-21-22/h1-11H,12-13H2,(H,20,23). The molecule has 0 aliphatic rings. The summed E-state index contributed by atoms with van der Waals surface area (Å²) >= 11 is 0.